The van der Waals surface area contributed by atoms with Crippen molar-refractivity contribution in [3.8, 4) is 0 Å². The summed E-state index contributed by atoms with van der Waals surface area (Å²) in [5.74, 6) is -0.688. The minimum Gasteiger partial charge on any atom is -0.445 e. The van der Waals surface area contributed by atoms with E-state index in [2.05, 4.69) is 15.4 Å². The summed E-state index contributed by atoms with van der Waals surface area (Å²) >= 11 is 0. The van der Waals surface area contributed by atoms with Gasteiger partial charge in [-0.05, 0) is 0 Å². The van der Waals surface area contributed by atoms with Gasteiger partial charge in [0, 0.05) is 20.0 Å². The molecule has 0 radical (unpaired) electrons. The molecule has 0 saturated carbocycles. The number of hydrogen-bond donors (Lipinski definition) is 2. The second-order valence-corrected chi connectivity index (χ2v) is 2.88. The number of nitrogens with one attached hydrogen (secondary N) is 2. The zero-order valence-electron chi connectivity index (χ0n) is 8.04. The molecule has 1 aliphatic rings. The Morgan fingerprint density at radius 1 is 1.64 bits per heavy atom. The summed E-state index contributed by atoms with van der Waals surface area (Å²) in [5.41, 5.74) is 0. The van der Waals surface area contributed by atoms with Gasteiger partial charge in [-0.25, -0.2) is 0 Å². The van der Waals surface area contributed by atoms with E-state index in [1.165, 1.54) is 6.92 Å². The van der Waals surface area contributed by atoms with E-state index in [1.54, 1.807) is 0 Å². The molecule has 14 heavy (non-hydrogen) atoms. The van der Waals surface area contributed by atoms with Crippen molar-refractivity contribution in [1.29, 1.82) is 0 Å². The first-order chi connectivity index (χ1) is 6.70. The van der Waals surface area contributed by atoms with Crippen molar-refractivity contribution in [2.75, 3.05) is 26.4 Å². The summed E-state index contributed by atoms with van der Waals surface area (Å²) < 4.78 is 9.74. The van der Waals surface area contributed by atoms with Gasteiger partial charge in [-0.15, -0.1) is 0 Å². The van der Waals surface area contributed by atoms with Crippen molar-refractivity contribution >= 4 is 11.9 Å². The van der Waals surface area contributed by atoms with Crippen LogP contribution in [0.3, 0.4) is 0 Å². The first kappa shape index (κ1) is 10.9. The Kier molecular flexibility index (Phi) is 4.34. The van der Waals surface area contributed by atoms with Crippen LogP contribution < -0.4 is 10.6 Å². The summed E-state index contributed by atoms with van der Waals surface area (Å²) in [5, 5.41) is 5.46. The van der Waals surface area contributed by atoms with Crippen molar-refractivity contribution in [3.05, 3.63) is 0 Å². The number of ether oxygens (including phenoxy) is 2. The number of amides is 1. The first-order valence-electron chi connectivity index (χ1n) is 4.43. The quantitative estimate of drug-likeness (QED) is 0.435. The fourth-order valence-corrected chi connectivity index (χ4v) is 1.06. The van der Waals surface area contributed by atoms with Gasteiger partial charge in [0.15, 0.2) is 6.73 Å². The Balaban J connectivity index is 2.16. The molecule has 1 aliphatic heterocycles. The number of rotatable bonds is 3. The van der Waals surface area contributed by atoms with Crippen molar-refractivity contribution < 1.29 is 19.1 Å². The second-order valence-electron chi connectivity index (χ2n) is 2.88. The molecular formula is C8H14N2O4. The predicted octanol–water partition coefficient (Wildman–Crippen LogP) is -1.39. The molecule has 0 aliphatic carbocycles. The normalized spacial score (nSPS) is 21.4. The van der Waals surface area contributed by atoms with Crippen LogP contribution in [-0.2, 0) is 19.1 Å². The molecule has 1 saturated heterocycles. The molecule has 0 aromatic carbocycles. The van der Waals surface area contributed by atoms with E-state index >= 15 is 0 Å². The Bertz CT molecular complexity index is 213. The van der Waals surface area contributed by atoms with E-state index in [0.717, 1.165) is 6.54 Å². The molecule has 1 rings (SSSR count). The molecule has 0 aromatic rings. The zero-order chi connectivity index (χ0) is 10.4. The molecule has 1 atom stereocenters. The molecule has 1 unspecified atom stereocenters. The Hall–Kier alpha value is -1.14. The van der Waals surface area contributed by atoms with Gasteiger partial charge >= 0.3 is 5.97 Å². The average molecular weight is 202 g/mol. The Morgan fingerprint density at radius 3 is 3.00 bits per heavy atom. The van der Waals surface area contributed by atoms with Crippen LogP contribution in [0.5, 0.6) is 0 Å². The molecule has 6 heteroatoms. The minimum atomic E-state index is -0.487. The fraction of sp³-hybridized carbons (Fsp3) is 0.750. The van der Waals surface area contributed by atoms with Gasteiger partial charge in [-0.2, -0.15) is 0 Å². The third-order valence-electron chi connectivity index (χ3n) is 1.74. The summed E-state index contributed by atoms with van der Waals surface area (Å²) in [6.45, 7) is 2.95. The highest BCUT2D eigenvalue weighted by Gasteiger charge is 2.21. The molecule has 0 aromatic heterocycles. The van der Waals surface area contributed by atoms with Gasteiger partial charge in [-0.3, -0.25) is 9.59 Å². The lowest BCUT2D eigenvalue weighted by molar-refractivity contribution is -0.145. The van der Waals surface area contributed by atoms with Crippen molar-refractivity contribution in [1.82, 2.24) is 10.6 Å². The highest BCUT2D eigenvalue weighted by Crippen LogP contribution is 1.95. The van der Waals surface area contributed by atoms with E-state index < -0.39 is 12.1 Å². The number of carbonyl (C=O) groups is 2. The standard InChI is InChI=1S/C8H14N2O4/c1-6(11)14-5-10-8(12)7-4-9-2-3-13-7/h7,9H,2-5H2,1H3,(H,10,12). The maximum atomic E-state index is 11.3. The van der Waals surface area contributed by atoms with E-state index in [-0.39, 0.29) is 12.6 Å². The number of hydrogen-bond acceptors (Lipinski definition) is 5. The van der Waals surface area contributed by atoms with Gasteiger partial charge < -0.3 is 20.1 Å². The Morgan fingerprint density at radius 2 is 2.43 bits per heavy atom. The van der Waals surface area contributed by atoms with Gasteiger partial charge in [0.1, 0.15) is 6.10 Å². The lowest BCUT2D eigenvalue weighted by Gasteiger charge is -2.22. The van der Waals surface area contributed by atoms with Crippen LogP contribution in [0.15, 0.2) is 0 Å². The van der Waals surface area contributed by atoms with E-state index in [9.17, 15) is 9.59 Å². The molecule has 1 heterocycles. The smallest absolute Gasteiger partial charge is 0.304 e. The first-order valence-corrected chi connectivity index (χ1v) is 4.43. The molecule has 6 nitrogen and oxygen atoms in total. The molecule has 80 valence electrons. The van der Waals surface area contributed by atoms with E-state index in [4.69, 9.17) is 4.74 Å². The Labute approximate surface area is 81.9 Å². The van der Waals surface area contributed by atoms with Crippen molar-refractivity contribution in [3.63, 3.8) is 0 Å². The minimum absolute atomic E-state index is 0.103. The third kappa shape index (κ3) is 3.71. The highest BCUT2D eigenvalue weighted by atomic mass is 16.5. The summed E-state index contributed by atoms with van der Waals surface area (Å²) in [7, 11) is 0. The highest BCUT2D eigenvalue weighted by molar-refractivity contribution is 5.81. The molecular weight excluding hydrogens is 188 g/mol. The lowest BCUT2D eigenvalue weighted by Crippen LogP contribution is -2.48. The van der Waals surface area contributed by atoms with Gasteiger partial charge in [0.2, 0.25) is 0 Å². The maximum Gasteiger partial charge on any atom is 0.304 e. The van der Waals surface area contributed by atoms with Gasteiger partial charge in [-0.1, -0.05) is 0 Å². The third-order valence-corrected chi connectivity index (χ3v) is 1.74. The lowest BCUT2D eigenvalue weighted by atomic mass is 10.3. The predicted molar refractivity (Wildman–Crippen MR) is 47.4 cm³/mol. The van der Waals surface area contributed by atoms with Crippen LogP contribution in [0.1, 0.15) is 6.92 Å². The van der Waals surface area contributed by atoms with Crippen LogP contribution in [-0.4, -0.2) is 44.4 Å². The molecule has 0 spiro atoms. The summed E-state index contributed by atoms with van der Waals surface area (Å²) in [6, 6.07) is 0. The van der Waals surface area contributed by atoms with E-state index in [0.29, 0.717) is 13.2 Å². The van der Waals surface area contributed by atoms with Crippen LogP contribution in [0.25, 0.3) is 0 Å². The molecule has 2 N–H and O–H groups in total. The SMILES string of the molecule is CC(=O)OCNC(=O)C1CNCCO1. The van der Waals surface area contributed by atoms with Crippen LogP contribution >= 0.6 is 0 Å². The molecule has 0 bridgehead atoms. The van der Waals surface area contributed by atoms with Gasteiger partial charge in [0.25, 0.3) is 5.91 Å². The van der Waals surface area contributed by atoms with E-state index in [1.807, 2.05) is 0 Å². The zero-order valence-corrected chi connectivity index (χ0v) is 8.04. The summed E-state index contributed by atoms with van der Waals surface area (Å²) in [6.07, 6.45) is -0.487. The van der Waals surface area contributed by atoms with Crippen LogP contribution in [0.4, 0.5) is 0 Å². The molecule has 1 fully saturated rings. The topological polar surface area (TPSA) is 76.7 Å². The largest absolute Gasteiger partial charge is 0.445 e. The summed E-state index contributed by atoms with van der Waals surface area (Å²) in [4.78, 5) is 21.7. The monoisotopic (exact) mass is 202 g/mol. The van der Waals surface area contributed by atoms with Crippen molar-refractivity contribution in [2.45, 2.75) is 13.0 Å². The number of carbonyl (C=O) groups excluding carboxylic acids is 2. The van der Waals surface area contributed by atoms with Gasteiger partial charge in [0.05, 0.1) is 6.61 Å². The fourth-order valence-electron chi connectivity index (χ4n) is 1.06. The molecule has 1 amide bonds. The van der Waals surface area contributed by atoms with Crippen LogP contribution in [0.2, 0.25) is 0 Å². The average Bonchev–Trinajstić information content (AvgIpc) is 2.18. The number of esters is 1. The maximum absolute atomic E-state index is 11.3. The van der Waals surface area contributed by atoms with Crippen LogP contribution in [0, 0.1) is 0 Å². The van der Waals surface area contributed by atoms with Crippen molar-refractivity contribution in [2.24, 2.45) is 0 Å². The second kappa shape index (κ2) is 5.56. The number of morpholine rings is 1.